The lowest BCUT2D eigenvalue weighted by Crippen LogP contribution is -2.43. The molecule has 8 heteroatoms. The SMILES string of the molecule is CC(=O)Nc1ccc(S(=O)(=O)N(c2ccccc2)C(C)C(=O)O)cc1. The number of amides is 1. The van der Waals surface area contributed by atoms with Gasteiger partial charge in [0.2, 0.25) is 5.91 Å². The number of carboxylic acids is 1. The first-order valence-electron chi connectivity index (χ1n) is 7.43. The van der Waals surface area contributed by atoms with Crippen LogP contribution >= 0.6 is 0 Å². The van der Waals surface area contributed by atoms with Gasteiger partial charge in [0, 0.05) is 12.6 Å². The summed E-state index contributed by atoms with van der Waals surface area (Å²) >= 11 is 0. The Kier molecular flexibility index (Phi) is 5.43. The molecule has 0 saturated carbocycles. The molecule has 2 aromatic rings. The molecule has 2 N–H and O–H groups in total. The molecule has 1 amide bonds. The van der Waals surface area contributed by atoms with Gasteiger partial charge in [0.25, 0.3) is 10.0 Å². The Balaban J connectivity index is 2.48. The van der Waals surface area contributed by atoms with Crippen LogP contribution in [0.25, 0.3) is 0 Å². The molecule has 7 nitrogen and oxygen atoms in total. The van der Waals surface area contributed by atoms with Crippen molar-refractivity contribution in [2.45, 2.75) is 24.8 Å². The second kappa shape index (κ2) is 7.35. The second-order valence-electron chi connectivity index (χ2n) is 5.36. The van der Waals surface area contributed by atoms with E-state index >= 15 is 0 Å². The Bertz CT molecular complexity index is 864. The monoisotopic (exact) mass is 362 g/mol. The minimum atomic E-state index is -4.10. The third kappa shape index (κ3) is 4.16. The zero-order valence-corrected chi connectivity index (χ0v) is 14.5. The molecule has 0 radical (unpaired) electrons. The van der Waals surface area contributed by atoms with Crippen LogP contribution in [0.1, 0.15) is 13.8 Å². The van der Waals surface area contributed by atoms with Crippen molar-refractivity contribution < 1.29 is 23.1 Å². The summed E-state index contributed by atoms with van der Waals surface area (Å²) in [6.07, 6.45) is 0. The predicted octanol–water partition coefficient (Wildman–Crippen LogP) is 2.31. The first kappa shape index (κ1) is 18.5. The molecule has 0 aliphatic heterocycles. The highest BCUT2D eigenvalue weighted by atomic mass is 32.2. The van der Waals surface area contributed by atoms with Gasteiger partial charge < -0.3 is 10.4 Å². The van der Waals surface area contributed by atoms with E-state index in [2.05, 4.69) is 5.32 Å². The number of hydrogen-bond donors (Lipinski definition) is 2. The maximum Gasteiger partial charge on any atom is 0.327 e. The third-order valence-corrected chi connectivity index (χ3v) is 5.36. The zero-order chi connectivity index (χ0) is 18.6. The fraction of sp³-hybridized carbons (Fsp3) is 0.176. The Labute approximate surface area is 146 Å². The van der Waals surface area contributed by atoms with Gasteiger partial charge in [-0.3, -0.25) is 9.10 Å². The number of aliphatic carboxylic acids is 1. The summed E-state index contributed by atoms with van der Waals surface area (Å²) in [6, 6.07) is 12.3. The molecule has 25 heavy (non-hydrogen) atoms. The molecular formula is C17H18N2O5S. The molecule has 2 aromatic carbocycles. The Morgan fingerprint density at radius 1 is 1.04 bits per heavy atom. The number of nitrogens with zero attached hydrogens (tertiary/aromatic N) is 1. The number of carbonyl (C=O) groups is 2. The molecular weight excluding hydrogens is 344 g/mol. The van der Waals surface area contributed by atoms with E-state index in [-0.39, 0.29) is 16.5 Å². The average Bonchev–Trinajstić information content (AvgIpc) is 2.55. The van der Waals surface area contributed by atoms with Crippen LogP contribution < -0.4 is 9.62 Å². The van der Waals surface area contributed by atoms with Gasteiger partial charge in [-0.1, -0.05) is 18.2 Å². The van der Waals surface area contributed by atoms with Gasteiger partial charge in [-0.2, -0.15) is 0 Å². The van der Waals surface area contributed by atoms with Crippen LogP contribution in [-0.4, -0.2) is 31.4 Å². The Morgan fingerprint density at radius 3 is 2.08 bits per heavy atom. The zero-order valence-electron chi connectivity index (χ0n) is 13.7. The van der Waals surface area contributed by atoms with Crippen molar-refractivity contribution in [3.63, 3.8) is 0 Å². The van der Waals surface area contributed by atoms with Crippen molar-refractivity contribution in [3.05, 3.63) is 54.6 Å². The number of benzene rings is 2. The van der Waals surface area contributed by atoms with Gasteiger partial charge in [-0.15, -0.1) is 0 Å². The highest BCUT2D eigenvalue weighted by molar-refractivity contribution is 7.92. The van der Waals surface area contributed by atoms with Crippen molar-refractivity contribution in [1.82, 2.24) is 0 Å². The molecule has 0 fully saturated rings. The average molecular weight is 362 g/mol. The van der Waals surface area contributed by atoms with Crippen molar-refractivity contribution in [1.29, 1.82) is 0 Å². The molecule has 1 unspecified atom stereocenters. The van der Waals surface area contributed by atoms with Crippen LogP contribution in [0.2, 0.25) is 0 Å². The maximum absolute atomic E-state index is 13.0. The molecule has 2 rings (SSSR count). The lowest BCUT2D eigenvalue weighted by molar-refractivity contribution is -0.137. The van der Waals surface area contributed by atoms with Gasteiger partial charge in [0.1, 0.15) is 6.04 Å². The fourth-order valence-electron chi connectivity index (χ4n) is 2.27. The lowest BCUT2D eigenvalue weighted by Gasteiger charge is -2.28. The first-order valence-corrected chi connectivity index (χ1v) is 8.87. The van der Waals surface area contributed by atoms with Gasteiger partial charge >= 0.3 is 5.97 Å². The molecule has 0 aliphatic rings. The largest absolute Gasteiger partial charge is 0.480 e. The van der Waals surface area contributed by atoms with Crippen LogP contribution in [-0.2, 0) is 19.6 Å². The van der Waals surface area contributed by atoms with Crippen LogP contribution in [0, 0.1) is 0 Å². The van der Waals surface area contributed by atoms with E-state index in [9.17, 15) is 23.1 Å². The van der Waals surface area contributed by atoms with Gasteiger partial charge in [-0.25, -0.2) is 13.2 Å². The second-order valence-corrected chi connectivity index (χ2v) is 7.17. The van der Waals surface area contributed by atoms with E-state index in [0.29, 0.717) is 5.69 Å². The molecule has 0 saturated heterocycles. The fourth-order valence-corrected chi connectivity index (χ4v) is 3.89. The number of nitrogens with one attached hydrogen (secondary N) is 1. The summed E-state index contributed by atoms with van der Waals surface area (Å²) < 4.78 is 26.8. The van der Waals surface area contributed by atoms with Crippen LogP contribution in [0.15, 0.2) is 59.5 Å². The van der Waals surface area contributed by atoms with E-state index in [1.807, 2.05) is 0 Å². The molecule has 1 atom stereocenters. The maximum atomic E-state index is 13.0. The summed E-state index contributed by atoms with van der Waals surface area (Å²) in [7, 11) is -4.10. The quantitative estimate of drug-likeness (QED) is 0.821. The molecule has 0 aromatic heterocycles. The Hall–Kier alpha value is -2.87. The third-order valence-electron chi connectivity index (χ3n) is 3.45. The highest BCUT2D eigenvalue weighted by Crippen LogP contribution is 2.27. The summed E-state index contributed by atoms with van der Waals surface area (Å²) in [5.41, 5.74) is 0.701. The summed E-state index contributed by atoms with van der Waals surface area (Å²) in [5, 5.41) is 11.9. The van der Waals surface area contributed by atoms with Crippen LogP contribution in [0.3, 0.4) is 0 Å². The van der Waals surface area contributed by atoms with E-state index in [0.717, 1.165) is 4.31 Å². The van der Waals surface area contributed by atoms with Crippen molar-refractivity contribution >= 4 is 33.3 Å². The lowest BCUT2D eigenvalue weighted by atomic mass is 10.2. The summed E-state index contributed by atoms with van der Waals surface area (Å²) in [4.78, 5) is 22.4. The van der Waals surface area contributed by atoms with E-state index in [4.69, 9.17) is 0 Å². The number of para-hydroxylation sites is 1. The molecule has 0 heterocycles. The molecule has 0 bridgehead atoms. The summed E-state index contributed by atoms with van der Waals surface area (Å²) in [5.74, 6) is -1.54. The number of sulfonamides is 1. The summed E-state index contributed by atoms with van der Waals surface area (Å²) in [6.45, 7) is 2.65. The van der Waals surface area contributed by atoms with Gasteiger partial charge in [0.05, 0.1) is 10.6 Å². The standard InChI is InChI=1S/C17H18N2O5S/c1-12(17(21)22)19(15-6-4-3-5-7-15)25(23,24)16-10-8-14(9-11-16)18-13(2)20/h3-12H,1-2H3,(H,18,20)(H,21,22). The van der Waals surface area contributed by atoms with Crippen LogP contribution in [0.4, 0.5) is 11.4 Å². The van der Waals surface area contributed by atoms with E-state index < -0.39 is 22.0 Å². The molecule has 0 spiro atoms. The minimum Gasteiger partial charge on any atom is -0.480 e. The Morgan fingerprint density at radius 2 is 1.60 bits per heavy atom. The van der Waals surface area contributed by atoms with Crippen molar-refractivity contribution in [3.8, 4) is 0 Å². The van der Waals surface area contributed by atoms with Gasteiger partial charge in [-0.05, 0) is 43.3 Å². The number of rotatable bonds is 6. The highest BCUT2D eigenvalue weighted by Gasteiger charge is 2.33. The topological polar surface area (TPSA) is 104 Å². The number of anilines is 2. The van der Waals surface area contributed by atoms with E-state index in [1.165, 1.54) is 50.2 Å². The first-order chi connectivity index (χ1) is 11.7. The number of carbonyl (C=O) groups excluding carboxylic acids is 1. The number of hydrogen-bond acceptors (Lipinski definition) is 4. The van der Waals surface area contributed by atoms with Crippen molar-refractivity contribution in [2.75, 3.05) is 9.62 Å². The predicted molar refractivity (Wildman–Crippen MR) is 94.0 cm³/mol. The number of carboxylic acid groups (broad SMARTS) is 1. The van der Waals surface area contributed by atoms with Crippen LogP contribution in [0.5, 0.6) is 0 Å². The smallest absolute Gasteiger partial charge is 0.327 e. The van der Waals surface area contributed by atoms with Crippen molar-refractivity contribution in [2.24, 2.45) is 0 Å². The molecule has 132 valence electrons. The minimum absolute atomic E-state index is 0.0708. The molecule has 0 aliphatic carbocycles. The van der Waals surface area contributed by atoms with Gasteiger partial charge in [0.15, 0.2) is 0 Å². The van der Waals surface area contributed by atoms with E-state index in [1.54, 1.807) is 18.2 Å². The normalized spacial score (nSPS) is 12.2.